The number of halogens is 1. The van der Waals surface area contributed by atoms with Gasteiger partial charge in [0.2, 0.25) is 0 Å². The highest BCUT2D eigenvalue weighted by atomic mass is 19.1. The van der Waals surface area contributed by atoms with Crippen molar-refractivity contribution in [2.24, 2.45) is 0 Å². The predicted octanol–water partition coefficient (Wildman–Crippen LogP) is 1.53. The third-order valence-corrected chi connectivity index (χ3v) is 4.24. The molecule has 1 saturated heterocycles. The zero-order valence-corrected chi connectivity index (χ0v) is 12.6. The summed E-state index contributed by atoms with van der Waals surface area (Å²) in [6.07, 6.45) is 0.747. The molecular formula is C16H16FN5O. The zero-order valence-electron chi connectivity index (χ0n) is 12.6. The van der Waals surface area contributed by atoms with Crippen LogP contribution in [0.1, 0.15) is 18.3 Å². The fourth-order valence-electron chi connectivity index (χ4n) is 2.90. The van der Waals surface area contributed by atoms with E-state index in [-0.39, 0.29) is 5.82 Å². The molecule has 1 aliphatic heterocycles. The number of β-amino-alcohol motifs (C(OH)–C–C–N with tert-alkyl or cyclic N) is 1. The van der Waals surface area contributed by atoms with Crippen LogP contribution in [0.5, 0.6) is 0 Å². The second-order valence-corrected chi connectivity index (χ2v) is 5.83. The molecule has 1 fully saturated rings. The maximum Gasteiger partial charge on any atom is 0.178 e. The molecule has 3 heterocycles. The summed E-state index contributed by atoms with van der Waals surface area (Å²) in [5.41, 5.74) is 0.458. The van der Waals surface area contributed by atoms with Crippen LogP contribution in [-0.2, 0) is 12.0 Å². The summed E-state index contributed by atoms with van der Waals surface area (Å²) in [6, 6.07) is 9.71. The minimum atomic E-state index is -0.967. The van der Waals surface area contributed by atoms with Crippen molar-refractivity contribution in [1.29, 1.82) is 0 Å². The highest BCUT2D eigenvalue weighted by molar-refractivity contribution is 5.50. The molecule has 1 aromatic carbocycles. The molecule has 1 N–H and O–H groups in total. The summed E-state index contributed by atoms with van der Waals surface area (Å²) >= 11 is 0. The lowest BCUT2D eigenvalue weighted by molar-refractivity contribution is 0.00689. The van der Waals surface area contributed by atoms with Crippen molar-refractivity contribution in [1.82, 2.24) is 19.8 Å². The first kappa shape index (κ1) is 14.1. The molecule has 0 amide bonds. The number of rotatable bonds is 3. The van der Waals surface area contributed by atoms with E-state index in [1.54, 1.807) is 16.6 Å². The van der Waals surface area contributed by atoms with Crippen LogP contribution in [0.3, 0.4) is 0 Å². The minimum Gasteiger partial charge on any atom is -0.381 e. The number of fused-ring (bicyclic) bond motifs is 1. The van der Waals surface area contributed by atoms with Crippen LogP contribution in [0.4, 0.5) is 10.2 Å². The first-order chi connectivity index (χ1) is 11.1. The van der Waals surface area contributed by atoms with Crippen molar-refractivity contribution in [2.45, 2.75) is 18.9 Å². The fraction of sp³-hybridized carbons (Fsp3) is 0.312. The van der Waals surface area contributed by atoms with Crippen molar-refractivity contribution >= 4 is 11.5 Å². The number of hydrogen-bond acceptors (Lipinski definition) is 5. The van der Waals surface area contributed by atoms with E-state index in [9.17, 15) is 9.50 Å². The van der Waals surface area contributed by atoms with Gasteiger partial charge >= 0.3 is 0 Å². The summed E-state index contributed by atoms with van der Waals surface area (Å²) in [5, 5.41) is 23.4. The maximum absolute atomic E-state index is 13.0. The van der Waals surface area contributed by atoms with Gasteiger partial charge in [0.1, 0.15) is 17.2 Å². The number of benzene rings is 1. The quantitative estimate of drug-likeness (QED) is 0.794. The molecule has 0 radical (unpaired) electrons. The molecule has 23 heavy (non-hydrogen) atoms. The van der Waals surface area contributed by atoms with Crippen molar-refractivity contribution in [3.63, 3.8) is 0 Å². The van der Waals surface area contributed by atoms with Crippen LogP contribution in [0.2, 0.25) is 0 Å². The summed E-state index contributed by atoms with van der Waals surface area (Å²) in [5.74, 6) is 1.26. The molecule has 0 aliphatic carbocycles. The second-order valence-electron chi connectivity index (χ2n) is 5.83. The number of anilines is 1. The third kappa shape index (κ3) is 2.24. The van der Waals surface area contributed by atoms with E-state index in [0.29, 0.717) is 18.7 Å². The summed E-state index contributed by atoms with van der Waals surface area (Å²) in [4.78, 5) is 1.97. The molecule has 118 valence electrons. The summed E-state index contributed by atoms with van der Waals surface area (Å²) in [6.45, 7) is 2.84. The third-order valence-electron chi connectivity index (χ3n) is 4.24. The minimum absolute atomic E-state index is 0.305. The molecule has 0 spiro atoms. The molecule has 4 rings (SSSR count). The van der Waals surface area contributed by atoms with E-state index >= 15 is 0 Å². The lowest BCUT2D eigenvalue weighted by Gasteiger charge is -2.47. The van der Waals surface area contributed by atoms with Crippen molar-refractivity contribution in [3.05, 3.63) is 53.6 Å². The number of aromatic nitrogens is 4. The molecule has 2 aromatic heterocycles. The maximum atomic E-state index is 13.0. The van der Waals surface area contributed by atoms with Gasteiger partial charge in [0.05, 0.1) is 13.1 Å². The first-order valence-electron chi connectivity index (χ1n) is 7.54. The van der Waals surface area contributed by atoms with Crippen molar-refractivity contribution < 1.29 is 9.50 Å². The van der Waals surface area contributed by atoms with E-state index in [1.807, 2.05) is 24.0 Å². The van der Waals surface area contributed by atoms with Crippen LogP contribution in [-0.4, -0.2) is 38.0 Å². The van der Waals surface area contributed by atoms with Crippen molar-refractivity contribution in [2.75, 3.05) is 18.0 Å². The highest BCUT2D eigenvalue weighted by Crippen LogP contribution is 2.34. The van der Waals surface area contributed by atoms with Crippen LogP contribution in [0.15, 0.2) is 36.4 Å². The van der Waals surface area contributed by atoms with Gasteiger partial charge in [0.25, 0.3) is 0 Å². The molecule has 0 bridgehead atoms. The van der Waals surface area contributed by atoms with Gasteiger partial charge in [-0.25, -0.2) is 4.39 Å². The van der Waals surface area contributed by atoms with Gasteiger partial charge in [0, 0.05) is 6.42 Å². The molecule has 6 nitrogen and oxygen atoms in total. The zero-order chi connectivity index (χ0) is 16.0. The Morgan fingerprint density at radius 3 is 2.57 bits per heavy atom. The normalized spacial score (nSPS) is 16.6. The topological polar surface area (TPSA) is 66.5 Å². The number of aryl methyl sites for hydroxylation is 1. The van der Waals surface area contributed by atoms with Crippen molar-refractivity contribution in [3.8, 4) is 0 Å². The largest absolute Gasteiger partial charge is 0.381 e. The van der Waals surface area contributed by atoms with Gasteiger partial charge in [-0.2, -0.15) is 4.52 Å². The summed E-state index contributed by atoms with van der Waals surface area (Å²) in [7, 11) is 0. The Balaban J connectivity index is 1.58. The smallest absolute Gasteiger partial charge is 0.178 e. The molecule has 1 aliphatic rings. The average Bonchev–Trinajstić information content (AvgIpc) is 2.94. The Morgan fingerprint density at radius 2 is 1.87 bits per heavy atom. The average molecular weight is 313 g/mol. The van der Waals surface area contributed by atoms with E-state index < -0.39 is 5.60 Å². The van der Waals surface area contributed by atoms with Gasteiger partial charge in [-0.15, -0.1) is 15.3 Å². The highest BCUT2D eigenvalue weighted by Gasteiger charge is 2.43. The van der Waals surface area contributed by atoms with Crippen LogP contribution in [0.25, 0.3) is 5.65 Å². The Hall–Kier alpha value is -2.54. The van der Waals surface area contributed by atoms with Gasteiger partial charge in [-0.3, -0.25) is 0 Å². The predicted molar refractivity (Wildman–Crippen MR) is 82.7 cm³/mol. The number of nitrogens with zero attached hydrogens (tertiary/aromatic N) is 5. The standard InChI is InChI=1S/C16H16FN5O/c1-2-13-18-19-14-7-8-15(20-22(13)14)21-9-16(23,10-21)11-3-5-12(17)6-4-11/h3-8,23H,2,9-10H2,1H3. The molecular weight excluding hydrogens is 297 g/mol. The van der Waals surface area contributed by atoms with E-state index in [1.165, 1.54) is 12.1 Å². The lowest BCUT2D eigenvalue weighted by atomic mass is 9.86. The second kappa shape index (κ2) is 4.99. The Labute approximate surface area is 132 Å². The van der Waals surface area contributed by atoms with Gasteiger partial charge in [0.15, 0.2) is 11.5 Å². The van der Waals surface area contributed by atoms with Crippen LogP contribution < -0.4 is 4.90 Å². The SMILES string of the molecule is CCc1nnc2ccc(N3CC(O)(c4ccc(F)cc4)C3)nn12. The molecule has 0 atom stereocenters. The Bertz CT molecular complexity index is 855. The van der Waals surface area contributed by atoms with Crippen LogP contribution in [0, 0.1) is 5.82 Å². The Kier molecular flexibility index (Phi) is 3.05. The Morgan fingerprint density at radius 1 is 1.13 bits per heavy atom. The molecule has 7 heteroatoms. The molecule has 3 aromatic rings. The van der Waals surface area contributed by atoms with Gasteiger partial charge in [-0.05, 0) is 29.8 Å². The van der Waals surface area contributed by atoms with Crippen LogP contribution >= 0.6 is 0 Å². The monoisotopic (exact) mass is 313 g/mol. The number of aliphatic hydroxyl groups is 1. The fourth-order valence-corrected chi connectivity index (χ4v) is 2.90. The molecule has 0 unspecified atom stereocenters. The van der Waals surface area contributed by atoms with Gasteiger partial charge < -0.3 is 10.0 Å². The number of hydrogen-bond donors (Lipinski definition) is 1. The first-order valence-corrected chi connectivity index (χ1v) is 7.54. The van der Waals surface area contributed by atoms with E-state index in [2.05, 4.69) is 15.3 Å². The van der Waals surface area contributed by atoms with E-state index in [0.717, 1.165) is 23.6 Å². The van der Waals surface area contributed by atoms with Gasteiger partial charge in [-0.1, -0.05) is 19.1 Å². The molecule has 0 saturated carbocycles. The summed E-state index contributed by atoms with van der Waals surface area (Å²) < 4.78 is 14.7. The lowest BCUT2D eigenvalue weighted by Crippen LogP contribution is -2.60. The van der Waals surface area contributed by atoms with E-state index in [4.69, 9.17) is 0 Å².